The molecule has 3 aromatic carbocycles. The number of nitrogens with zero attached hydrogens (tertiary/aromatic N) is 4. The molecule has 0 atom stereocenters. The molecule has 42 heavy (non-hydrogen) atoms. The van der Waals surface area contributed by atoms with Crippen molar-refractivity contribution < 1.29 is 9.47 Å². The highest BCUT2D eigenvalue weighted by atomic mass is 32.1. The van der Waals surface area contributed by atoms with Crippen molar-refractivity contribution in [1.29, 1.82) is 0 Å². The van der Waals surface area contributed by atoms with Crippen LogP contribution < -0.4 is 20.1 Å². The minimum atomic E-state index is 0.723. The van der Waals surface area contributed by atoms with Crippen LogP contribution in [0.2, 0.25) is 0 Å². The predicted molar refractivity (Wildman–Crippen MR) is 171 cm³/mol. The maximum Gasteiger partial charge on any atom is 0.137 e. The molecule has 0 amide bonds. The molecule has 0 unspecified atom stereocenters. The topological polar surface area (TPSA) is 81.5 Å². The number of rotatable bonds is 5. The summed E-state index contributed by atoms with van der Waals surface area (Å²) in [5.41, 5.74) is 8.55. The summed E-state index contributed by atoms with van der Waals surface area (Å²) in [6.07, 6.45) is 1.75. The van der Waals surface area contributed by atoms with Crippen LogP contribution in [0.25, 0.3) is 42.6 Å². The van der Waals surface area contributed by atoms with Crippen LogP contribution in [-0.2, 0) is 0 Å². The predicted octanol–water partition coefficient (Wildman–Crippen LogP) is 8.11. The van der Waals surface area contributed by atoms with Gasteiger partial charge in [0.2, 0.25) is 0 Å². The Hall–Kier alpha value is -5.08. The van der Waals surface area contributed by atoms with Gasteiger partial charge in [0.15, 0.2) is 0 Å². The minimum absolute atomic E-state index is 0.723. The highest BCUT2D eigenvalue weighted by molar-refractivity contribution is 7.21. The molecular formula is C34H27N5O2S. The van der Waals surface area contributed by atoms with Crippen LogP contribution in [0.5, 0.6) is 11.5 Å². The first-order chi connectivity index (χ1) is 20.4. The van der Waals surface area contributed by atoms with Gasteiger partial charge in [0, 0.05) is 27.8 Å². The second-order valence-electron chi connectivity index (χ2n) is 10.2. The van der Waals surface area contributed by atoms with Gasteiger partial charge >= 0.3 is 0 Å². The third kappa shape index (κ3) is 4.86. The van der Waals surface area contributed by atoms with Crippen LogP contribution in [0.1, 0.15) is 11.3 Å². The number of hydrogen-bond donors (Lipinski definition) is 1. The molecule has 0 spiro atoms. The van der Waals surface area contributed by atoms with Gasteiger partial charge in [0.25, 0.3) is 0 Å². The normalized spacial score (nSPS) is 12.0. The number of benzene rings is 4. The van der Waals surface area contributed by atoms with Crippen molar-refractivity contribution in [3.63, 3.8) is 0 Å². The summed E-state index contributed by atoms with van der Waals surface area (Å²) in [4.78, 5) is 20.3. The van der Waals surface area contributed by atoms with E-state index in [1.807, 2.05) is 49.4 Å². The Morgan fingerprint density at radius 1 is 0.738 bits per heavy atom. The van der Waals surface area contributed by atoms with Crippen LogP contribution in [-0.4, -0.2) is 29.2 Å². The molecule has 1 N–H and O–H groups in total. The number of aryl methyl sites for hydroxylation is 2. The zero-order valence-electron chi connectivity index (χ0n) is 23.6. The average Bonchev–Trinajstić information content (AvgIpc) is 2.99. The van der Waals surface area contributed by atoms with E-state index < -0.39 is 0 Å². The Bertz CT molecular complexity index is 2190. The Labute approximate surface area is 246 Å². The quantitative estimate of drug-likeness (QED) is 0.211. The fraction of sp³-hybridized carbons (Fsp3) is 0.118. The number of methoxy groups -OCH3 is 2. The molecule has 0 saturated heterocycles. The van der Waals surface area contributed by atoms with E-state index in [1.165, 1.54) is 0 Å². The van der Waals surface area contributed by atoms with Crippen molar-refractivity contribution in [2.45, 2.75) is 13.8 Å². The Kier molecular flexibility index (Phi) is 6.40. The van der Waals surface area contributed by atoms with Crippen molar-refractivity contribution in [3.8, 4) is 22.1 Å². The molecule has 7 rings (SSSR count). The summed E-state index contributed by atoms with van der Waals surface area (Å²) in [6.45, 7) is 4.06. The first-order valence-corrected chi connectivity index (χ1v) is 14.3. The van der Waals surface area contributed by atoms with E-state index in [1.54, 1.807) is 31.8 Å². The van der Waals surface area contributed by atoms with Gasteiger partial charge in [-0.15, -0.1) is 11.3 Å². The van der Waals surface area contributed by atoms with E-state index in [0.29, 0.717) is 0 Å². The third-order valence-electron chi connectivity index (χ3n) is 7.17. The van der Waals surface area contributed by atoms with Gasteiger partial charge in [-0.1, -0.05) is 0 Å². The molecule has 1 aliphatic carbocycles. The lowest BCUT2D eigenvalue weighted by Crippen LogP contribution is -2.01. The van der Waals surface area contributed by atoms with Crippen molar-refractivity contribution >= 4 is 60.4 Å². The largest absolute Gasteiger partial charge is 0.497 e. The van der Waals surface area contributed by atoms with Gasteiger partial charge in [-0.2, -0.15) is 0 Å². The molecular weight excluding hydrogens is 542 g/mol. The molecule has 0 fully saturated rings. The highest BCUT2D eigenvalue weighted by Crippen LogP contribution is 2.35. The Morgan fingerprint density at radius 2 is 1.57 bits per heavy atom. The lowest BCUT2D eigenvalue weighted by Gasteiger charge is -2.13. The van der Waals surface area contributed by atoms with Crippen molar-refractivity contribution in [1.82, 2.24) is 15.0 Å². The molecule has 1 aliphatic heterocycles. The Balaban J connectivity index is 1.30. The number of nitrogens with one attached hydrogen (secondary N) is 1. The molecule has 206 valence electrons. The molecule has 0 saturated carbocycles. The fourth-order valence-electron chi connectivity index (χ4n) is 5.16. The number of pyridine rings is 2. The van der Waals surface area contributed by atoms with E-state index in [0.717, 1.165) is 87.8 Å². The molecule has 0 bridgehead atoms. The van der Waals surface area contributed by atoms with E-state index >= 15 is 0 Å². The summed E-state index contributed by atoms with van der Waals surface area (Å²) in [6, 6.07) is 26.5. The summed E-state index contributed by atoms with van der Waals surface area (Å²) in [5.74, 6) is 1.50. The van der Waals surface area contributed by atoms with E-state index in [-0.39, 0.29) is 0 Å². The summed E-state index contributed by atoms with van der Waals surface area (Å²) in [7, 11) is 3.32. The van der Waals surface area contributed by atoms with Crippen LogP contribution in [0, 0.1) is 13.8 Å². The second kappa shape index (κ2) is 10.4. The van der Waals surface area contributed by atoms with Gasteiger partial charge in [0.1, 0.15) is 11.5 Å². The van der Waals surface area contributed by atoms with E-state index in [9.17, 15) is 0 Å². The maximum absolute atomic E-state index is 5.45. The molecule has 2 aliphatic rings. The average molecular weight is 570 g/mol. The third-order valence-corrected chi connectivity index (χ3v) is 8.26. The first kappa shape index (κ1) is 25.9. The van der Waals surface area contributed by atoms with Crippen LogP contribution in [0.3, 0.4) is 0 Å². The van der Waals surface area contributed by atoms with E-state index in [4.69, 9.17) is 19.5 Å². The number of fused-ring (bicyclic) bond motifs is 4. The van der Waals surface area contributed by atoms with Crippen molar-refractivity contribution in [2.24, 2.45) is 4.99 Å². The minimum Gasteiger partial charge on any atom is -0.497 e. The highest BCUT2D eigenvalue weighted by Gasteiger charge is 2.11. The zero-order chi connectivity index (χ0) is 28.8. The van der Waals surface area contributed by atoms with Crippen molar-refractivity contribution in [3.05, 3.63) is 102 Å². The lowest BCUT2D eigenvalue weighted by molar-refractivity contribution is 0.414. The number of ether oxygens (including phenoxy) is 2. The van der Waals surface area contributed by atoms with Gasteiger partial charge in [-0.25, -0.2) is 9.98 Å². The standard InChI is InChI=1S/C34H27N5O2S/c1-19-11-30-26(17-24(41-4)18-35-30)31(12-19)37-21-5-8-28-33(14-21)42-34-15-22(6-9-29(34)39-28)38-32-13-20(2)36-27-10-7-23(40-3)16-25(27)32/h5-18,37H,1-4H3. The van der Waals surface area contributed by atoms with E-state index in [2.05, 4.69) is 58.6 Å². The SMILES string of the molecule is COc1ccc2nc(C)cc(N=c3ccc4nc5ccc(Nc6cc(C)cc7ncc(OC)cc67)cc5sc-4c3)c2c1. The maximum atomic E-state index is 5.45. The van der Waals surface area contributed by atoms with Crippen molar-refractivity contribution in [2.75, 3.05) is 19.5 Å². The summed E-state index contributed by atoms with van der Waals surface area (Å²) in [5, 5.41) is 6.42. The first-order valence-electron chi connectivity index (χ1n) is 13.5. The summed E-state index contributed by atoms with van der Waals surface area (Å²) < 4.78 is 12.0. The van der Waals surface area contributed by atoms with Gasteiger partial charge in [0.05, 0.1) is 63.3 Å². The number of anilines is 2. The smallest absolute Gasteiger partial charge is 0.137 e. The van der Waals surface area contributed by atoms with Gasteiger partial charge < -0.3 is 14.8 Å². The summed E-state index contributed by atoms with van der Waals surface area (Å²) >= 11 is 1.70. The van der Waals surface area contributed by atoms with Crippen LogP contribution in [0.15, 0.2) is 90.1 Å². The molecule has 5 aromatic rings. The van der Waals surface area contributed by atoms with Gasteiger partial charge in [-0.3, -0.25) is 9.97 Å². The number of hydrogen-bond acceptors (Lipinski definition) is 8. The molecule has 0 radical (unpaired) electrons. The fourth-order valence-corrected chi connectivity index (χ4v) is 6.19. The number of aromatic nitrogens is 3. The molecule has 2 aromatic heterocycles. The molecule has 3 heterocycles. The molecule has 7 nitrogen and oxygen atoms in total. The Morgan fingerprint density at radius 3 is 2.43 bits per heavy atom. The van der Waals surface area contributed by atoms with Gasteiger partial charge in [-0.05, 0) is 98.3 Å². The second-order valence-corrected chi connectivity index (χ2v) is 11.3. The van der Waals surface area contributed by atoms with Crippen LogP contribution >= 0.6 is 11.3 Å². The zero-order valence-corrected chi connectivity index (χ0v) is 24.4. The monoisotopic (exact) mass is 569 g/mol. The lowest BCUT2D eigenvalue weighted by atomic mass is 10.1. The van der Waals surface area contributed by atoms with Crippen LogP contribution in [0.4, 0.5) is 17.1 Å². The molecule has 8 heteroatoms.